The van der Waals surface area contributed by atoms with Crippen molar-refractivity contribution in [3.63, 3.8) is 0 Å². The van der Waals surface area contributed by atoms with Gasteiger partial charge in [0, 0.05) is 22.3 Å². The molecular formula is C23H23ClN4O2. The smallest absolute Gasteiger partial charge is 0.259 e. The quantitative estimate of drug-likeness (QED) is 0.599. The summed E-state index contributed by atoms with van der Waals surface area (Å²) in [6.07, 6.45) is 3.62. The Hall–Kier alpha value is -3.12. The molecule has 0 radical (unpaired) electrons. The number of benzene rings is 2. The summed E-state index contributed by atoms with van der Waals surface area (Å²) in [7, 11) is 0. The second-order valence-corrected chi connectivity index (χ2v) is 8.21. The molecule has 0 saturated heterocycles. The van der Waals surface area contributed by atoms with Crippen molar-refractivity contribution >= 4 is 29.1 Å². The molecule has 1 aliphatic rings. The van der Waals surface area contributed by atoms with E-state index in [9.17, 15) is 9.59 Å². The highest BCUT2D eigenvalue weighted by atomic mass is 35.5. The number of rotatable bonds is 6. The van der Waals surface area contributed by atoms with Crippen molar-refractivity contribution in [1.82, 2.24) is 15.1 Å². The van der Waals surface area contributed by atoms with E-state index in [4.69, 9.17) is 11.6 Å². The van der Waals surface area contributed by atoms with Gasteiger partial charge in [0.25, 0.3) is 11.8 Å². The Kier molecular flexibility index (Phi) is 5.59. The van der Waals surface area contributed by atoms with E-state index in [-0.39, 0.29) is 23.8 Å². The summed E-state index contributed by atoms with van der Waals surface area (Å²) in [6.45, 7) is 4.03. The van der Waals surface area contributed by atoms with E-state index in [0.29, 0.717) is 21.8 Å². The number of nitrogens with one attached hydrogen (secondary N) is 2. The minimum atomic E-state index is -0.265. The highest BCUT2D eigenvalue weighted by molar-refractivity contribution is 6.30. The van der Waals surface area contributed by atoms with Crippen LogP contribution in [0.1, 0.15) is 59.0 Å². The van der Waals surface area contributed by atoms with Crippen LogP contribution < -0.4 is 10.6 Å². The van der Waals surface area contributed by atoms with Gasteiger partial charge < -0.3 is 10.6 Å². The van der Waals surface area contributed by atoms with Gasteiger partial charge in [-0.2, -0.15) is 5.10 Å². The summed E-state index contributed by atoms with van der Waals surface area (Å²) < 4.78 is 1.76. The SMILES string of the molecule is CC(C)c1c(C(=O)Nc2cccc(C(=O)NC3CC3)c2)cnn1-c1ccc(Cl)cc1. The zero-order valence-corrected chi connectivity index (χ0v) is 17.6. The van der Waals surface area contributed by atoms with E-state index in [1.54, 1.807) is 47.3 Å². The Bertz CT molecular complexity index is 1080. The summed E-state index contributed by atoms with van der Waals surface area (Å²) in [4.78, 5) is 25.3. The number of hydrogen-bond donors (Lipinski definition) is 2. The van der Waals surface area contributed by atoms with Gasteiger partial charge in [-0.05, 0) is 61.2 Å². The first kappa shape index (κ1) is 20.2. The maximum Gasteiger partial charge on any atom is 0.259 e. The molecule has 154 valence electrons. The van der Waals surface area contributed by atoms with Gasteiger partial charge in [-0.25, -0.2) is 4.68 Å². The molecule has 0 bridgehead atoms. The van der Waals surface area contributed by atoms with Crippen molar-refractivity contribution in [3.8, 4) is 5.69 Å². The van der Waals surface area contributed by atoms with Gasteiger partial charge in [0.1, 0.15) is 0 Å². The number of carbonyl (C=O) groups is 2. The van der Waals surface area contributed by atoms with Crippen LogP contribution in [-0.4, -0.2) is 27.6 Å². The van der Waals surface area contributed by atoms with Gasteiger partial charge in [-0.1, -0.05) is 31.5 Å². The molecule has 3 aromatic rings. The van der Waals surface area contributed by atoms with Crippen LogP contribution in [0.4, 0.5) is 5.69 Å². The van der Waals surface area contributed by atoms with Gasteiger partial charge >= 0.3 is 0 Å². The van der Waals surface area contributed by atoms with Crippen molar-refractivity contribution in [3.05, 3.63) is 76.6 Å². The van der Waals surface area contributed by atoms with Gasteiger partial charge in [0.05, 0.1) is 23.1 Å². The average Bonchev–Trinajstić information content (AvgIpc) is 3.42. The molecule has 0 spiro atoms. The van der Waals surface area contributed by atoms with Crippen LogP contribution in [-0.2, 0) is 0 Å². The van der Waals surface area contributed by atoms with Crippen molar-refractivity contribution in [1.29, 1.82) is 0 Å². The van der Waals surface area contributed by atoms with E-state index in [2.05, 4.69) is 15.7 Å². The lowest BCUT2D eigenvalue weighted by Gasteiger charge is -2.13. The van der Waals surface area contributed by atoms with Crippen LogP contribution in [0.25, 0.3) is 5.69 Å². The molecule has 0 atom stereocenters. The minimum Gasteiger partial charge on any atom is -0.349 e. The van der Waals surface area contributed by atoms with Crippen LogP contribution in [0.15, 0.2) is 54.7 Å². The van der Waals surface area contributed by atoms with Crippen molar-refractivity contribution in [2.24, 2.45) is 0 Å². The van der Waals surface area contributed by atoms with Gasteiger partial charge in [-0.3, -0.25) is 9.59 Å². The topological polar surface area (TPSA) is 76.0 Å². The molecule has 4 rings (SSSR count). The molecule has 1 saturated carbocycles. The highest BCUT2D eigenvalue weighted by Crippen LogP contribution is 2.25. The lowest BCUT2D eigenvalue weighted by molar-refractivity contribution is 0.0949. The van der Waals surface area contributed by atoms with E-state index < -0.39 is 0 Å². The molecule has 0 aliphatic heterocycles. The Morgan fingerprint density at radius 1 is 1.10 bits per heavy atom. The molecule has 1 aromatic heterocycles. The lowest BCUT2D eigenvalue weighted by Crippen LogP contribution is -2.25. The number of amides is 2. The fourth-order valence-corrected chi connectivity index (χ4v) is 3.44. The second-order valence-electron chi connectivity index (χ2n) is 7.77. The van der Waals surface area contributed by atoms with Crippen LogP contribution in [0.2, 0.25) is 5.02 Å². The first-order valence-electron chi connectivity index (χ1n) is 9.98. The molecule has 1 fully saturated rings. The van der Waals surface area contributed by atoms with Crippen LogP contribution in [0.3, 0.4) is 0 Å². The van der Waals surface area contributed by atoms with Crippen LogP contribution in [0.5, 0.6) is 0 Å². The first-order valence-corrected chi connectivity index (χ1v) is 10.4. The molecule has 2 amide bonds. The van der Waals surface area contributed by atoms with E-state index in [1.807, 2.05) is 26.0 Å². The Morgan fingerprint density at radius 3 is 2.50 bits per heavy atom. The predicted molar refractivity (Wildman–Crippen MR) is 118 cm³/mol. The summed E-state index contributed by atoms with van der Waals surface area (Å²) in [5.41, 5.74) is 3.23. The largest absolute Gasteiger partial charge is 0.349 e. The Balaban J connectivity index is 1.58. The Labute approximate surface area is 180 Å². The summed E-state index contributed by atoms with van der Waals surface area (Å²) in [5.74, 6) is -0.315. The fraction of sp³-hybridized carbons (Fsp3) is 0.261. The van der Waals surface area contributed by atoms with E-state index in [0.717, 1.165) is 24.2 Å². The van der Waals surface area contributed by atoms with Crippen LogP contribution in [0, 0.1) is 0 Å². The molecule has 6 nitrogen and oxygen atoms in total. The molecule has 7 heteroatoms. The van der Waals surface area contributed by atoms with Crippen molar-refractivity contribution in [2.75, 3.05) is 5.32 Å². The molecule has 30 heavy (non-hydrogen) atoms. The highest BCUT2D eigenvalue weighted by Gasteiger charge is 2.24. The molecule has 0 unspecified atom stereocenters. The van der Waals surface area contributed by atoms with Gasteiger partial charge in [0.2, 0.25) is 0 Å². The first-order chi connectivity index (χ1) is 14.4. The maximum absolute atomic E-state index is 13.0. The molecule has 2 aromatic carbocycles. The zero-order valence-electron chi connectivity index (χ0n) is 16.9. The van der Waals surface area contributed by atoms with Gasteiger partial charge in [-0.15, -0.1) is 0 Å². The minimum absolute atomic E-state index is 0.0691. The number of anilines is 1. The maximum atomic E-state index is 13.0. The molecule has 2 N–H and O–H groups in total. The van der Waals surface area contributed by atoms with Crippen molar-refractivity contribution < 1.29 is 9.59 Å². The third kappa shape index (κ3) is 4.39. The summed E-state index contributed by atoms with van der Waals surface area (Å²) >= 11 is 5.99. The van der Waals surface area contributed by atoms with E-state index in [1.165, 1.54) is 0 Å². The van der Waals surface area contributed by atoms with Crippen molar-refractivity contribution in [2.45, 2.75) is 38.6 Å². The average molecular weight is 423 g/mol. The number of nitrogens with zero attached hydrogens (tertiary/aromatic N) is 2. The van der Waals surface area contributed by atoms with E-state index >= 15 is 0 Å². The van der Waals surface area contributed by atoms with Gasteiger partial charge in [0.15, 0.2) is 0 Å². The molecular weight excluding hydrogens is 400 g/mol. The third-order valence-electron chi connectivity index (χ3n) is 4.96. The Morgan fingerprint density at radius 2 is 1.83 bits per heavy atom. The number of carbonyl (C=O) groups excluding carboxylic acids is 2. The zero-order chi connectivity index (χ0) is 21.3. The summed E-state index contributed by atoms with van der Waals surface area (Å²) in [5, 5.41) is 10.9. The fourth-order valence-electron chi connectivity index (χ4n) is 3.31. The normalized spacial score (nSPS) is 13.3. The number of halogens is 1. The number of hydrogen-bond acceptors (Lipinski definition) is 3. The standard InChI is InChI=1S/C23H23ClN4O2/c1-14(2)21-20(13-25-28(21)19-10-6-16(24)7-11-19)23(30)27-18-5-3-4-15(12-18)22(29)26-17-8-9-17/h3-7,10-14,17H,8-9H2,1-2H3,(H,26,29)(H,27,30). The summed E-state index contributed by atoms with van der Waals surface area (Å²) in [6, 6.07) is 14.6. The predicted octanol–water partition coefficient (Wildman–Crippen LogP) is 4.79. The number of aromatic nitrogens is 2. The lowest BCUT2D eigenvalue weighted by atomic mass is 10.0. The monoisotopic (exact) mass is 422 g/mol. The molecule has 1 heterocycles. The third-order valence-corrected chi connectivity index (χ3v) is 5.22. The second kappa shape index (κ2) is 8.32. The molecule has 1 aliphatic carbocycles. The van der Waals surface area contributed by atoms with Crippen LogP contribution >= 0.6 is 11.6 Å².